The van der Waals surface area contributed by atoms with E-state index in [1.54, 1.807) is 0 Å². The molecule has 2 atom stereocenters. The number of nitrogens with one attached hydrogen (secondary N) is 3. The molecule has 0 saturated carbocycles. The fourth-order valence-electron chi connectivity index (χ4n) is 1.06. The Balaban J connectivity index is 2.40. The summed E-state index contributed by atoms with van der Waals surface area (Å²) in [7, 11) is 0. The number of amides is 2. The standard InChI is InChI=1S/C8H13N5O4/c1-4(14)6(7(15)16)12-8(17)9-2-5-10-3-11-13-5/h3-4,6,14H,2H2,1H3,(H,15,16)(H2,9,12,17)(H,10,11,13). The van der Waals surface area contributed by atoms with Gasteiger partial charge in [-0.1, -0.05) is 0 Å². The molecular formula is C8H13N5O4. The molecule has 0 aliphatic heterocycles. The molecule has 5 N–H and O–H groups in total. The number of nitrogens with zero attached hydrogens (tertiary/aromatic N) is 2. The lowest BCUT2D eigenvalue weighted by Crippen LogP contribution is -2.51. The Morgan fingerprint density at radius 1 is 1.59 bits per heavy atom. The van der Waals surface area contributed by atoms with Crippen LogP contribution in [-0.2, 0) is 11.3 Å². The van der Waals surface area contributed by atoms with Crippen LogP contribution in [0, 0.1) is 0 Å². The number of carboxylic acid groups (broad SMARTS) is 1. The molecule has 0 spiro atoms. The van der Waals surface area contributed by atoms with E-state index in [0.29, 0.717) is 5.82 Å². The molecule has 0 fully saturated rings. The van der Waals surface area contributed by atoms with Crippen molar-refractivity contribution in [1.82, 2.24) is 25.8 Å². The van der Waals surface area contributed by atoms with Gasteiger partial charge in [0.25, 0.3) is 0 Å². The monoisotopic (exact) mass is 243 g/mol. The molecule has 0 aromatic carbocycles. The van der Waals surface area contributed by atoms with Crippen molar-refractivity contribution < 1.29 is 19.8 Å². The van der Waals surface area contributed by atoms with Gasteiger partial charge in [0.1, 0.15) is 12.2 Å². The number of hydrogen-bond acceptors (Lipinski definition) is 5. The second-order valence-electron chi connectivity index (χ2n) is 3.32. The molecule has 17 heavy (non-hydrogen) atoms. The molecule has 2 unspecified atom stereocenters. The van der Waals surface area contributed by atoms with Crippen molar-refractivity contribution in [2.24, 2.45) is 0 Å². The van der Waals surface area contributed by atoms with E-state index >= 15 is 0 Å². The predicted octanol–water partition coefficient (Wildman–Crippen LogP) is -1.56. The van der Waals surface area contributed by atoms with Crippen LogP contribution in [-0.4, -0.2) is 49.5 Å². The molecule has 94 valence electrons. The first kappa shape index (κ1) is 12.9. The summed E-state index contributed by atoms with van der Waals surface area (Å²) in [5.41, 5.74) is 0. The molecule has 0 bridgehead atoms. The predicted molar refractivity (Wildman–Crippen MR) is 54.9 cm³/mol. The number of carbonyl (C=O) groups is 2. The van der Waals surface area contributed by atoms with Gasteiger partial charge in [0.15, 0.2) is 6.04 Å². The molecular weight excluding hydrogens is 230 g/mol. The van der Waals surface area contributed by atoms with E-state index in [9.17, 15) is 9.59 Å². The van der Waals surface area contributed by atoms with Gasteiger partial charge in [0.2, 0.25) is 0 Å². The van der Waals surface area contributed by atoms with E-state index < -0.39 is 24.1 Å². The summed E-state index contributed by atoms with van der Waals surface area (Å²) in [6.45, 7) is 1.35. The lowest BCUT2D eigenvalue weighted by atomic mass is 10.2. The second kappa shape index (κ2) is 5.80. The van der Waals surface area contributed by atoms with E-state index in [1.807, 2.05) is 0 Å². The van der Waals surface area contributed by atoms with E-state index in [0.717, 1.165) is 0 Å². The first-order valence-corrected chi connectivity index (χ1v) is 4.80. The van der Waals surface area contributed by atoms with Gasteiger partial charge in [-0.15, -0.1) is 0 Å². The Bertz CT molecular complexity index is 377. The number of hydrogen-bond donors (Lipinski definition) is 5. The van der Waals surface area contributed by atoms with Crippen LogP contribution in [0.3, 0.4) is 0 Å². The molecule has 9 nitrogen and oxygen atoms in total. The molecule has 1 rings (SSSR count). The van der Waals surface area contributed by atoms with Crippen molar-refractivity contribution in [3.8, 4) is 0 Å². The number of carboxylic acids is 1. The quantitative estimate of drug-likeness (QED) is 0.423. The Hall–Kier alpha value is -2.16. The topological polar surface area (TPSA) is 140 Å². The SMILES string of the molecule is CC(O)C(NC(=O)NCc1ncn[nH]1)C(=O)O. The Morgan fingerprint density at radius 3 is 2.76 bits per heavy atom. The number of aliphatic hydroxyl groups is 1. The normalized spacial score (nSPS) is 13.8. The van der Waals surface area contributed by atoms with Crippen LogP contribution in [0.4, 0.5) is 4.79 Å². The summed E-state index contributed by atoms with van der Waals surface area (Å²) in [4.78, 5) is 25.7. The number of aromatic amines is 1. The van der Waals surface area contributed by atoms with Crippen molar-refractivity contribution in [2.75, 3.05) is 0 Å². The van der Waals surface area contributed by atoms with Gasteiger partial charge in [0, 0.05) is 0 Å². The van der Waals surface area contributed by atoms with Gasteiger partial charge in [-0.05, 0) is 6.92 Å². The summed E-state index contributed by atoms with van der Waals surface area (Å²) >= 11 is 0. The third-order valence-corrected chi connectivity index (χ3v) is 1.92. The molecule has 9 heteroatoms. The average molecular weight is 243 g/mol. The first-order valence-electron chi connectivity index (χ1n) is 4.80. The van der Waals surface area contributed by atoms with Gasteiger partial charge in [-0.2, -0.15) is 5.10 Å². The number of H-pyrrole nitrogens is 1. The number of aliphatic carboxylic acids is 1. The number of carbonyl (C=O) groups excluding carboxylic acids is 1. The molecule has 1 heterocycles. The first-order chi connectivity index (χ1) is 8.00. The maximum atomic E-state index is 11.3. The maximum Gasteiger partial charge on any atom is 0.328 e. The summed E-state index contributed by atoms with van der Waals surface area (Å²) in [6.07, 6.45) is 0.0913. The van der Waals surface area contributed by atoms with Crippen molar-refractivity contribution in [3.63, 3.8) is 0 Å². The summed E-state index contributed by atoms with van der Waals surface area (Å²) in [5.74, 6) is -0.876. The molecule has 0 aliphatic carbocycles. The highest BCUT2D eigenvalue weighted by molar-refractivity contribution is 5.82. The third-order valence-electron chi connectivity index (χ3n) is 1.92. The molecule has 0 aliphatic rings. The van der Waals surface area contributed by atoms with Crippen molar-refractivity contribution in [2.45, 2.75) is 25.6 Å². The Labute approximate surface area is 96.2 Å². The number of aliphatic hydroxyl groups excluding tert-OH is 1. The maximum absolute atomic E-state index is 11.3. The minimum atomic E-state index is -1.36. The zero-order valence-corrected chi connectivity index (χ0v) is 9.04. The smallest absolute Gasteiger partial charge is 0.328 e. The van der Waals surface area contributed by atoms with Crippen molar-refractivity contribution >= 4 is 12.0 Å². The zero-order chi connectivity index (χ0) is 12.8. The largest absolute Gasteiger partial charge is 0.480 e. The van der Waals surface area contributed by atoms with Crippen LogP contribution in [0.1, 0.15) is 12.7 Å². The number of aromatic nitrogens is 3. The van der Waals surface area contributed by atoms with Gasteiger partial charge in [-0.3, -0.25) is 5.10 Å². The van der Waals surface area contributed by atoms with Crippen molar-refractivity contribution in [3.05, 3.63) is 12.2 Å². The molecule has 1 aromatic heterocycles. The lowest BCUT2D eigenvalue weighted by Gasteiger charge is -2.17. The Morgan fingerprint density at radius 2 is 2.29 bits per heavy atom. The minimum Gasteiger partial charge on any atom is -0.480 e. The zero-order valence-electron chi connectivity index (χ0n) is 9.04. The highest BCUT2D eigenvalue weighted by atomic mass is 16.4. The third kappa shape index (κ3) is 4.07. The van der Waals surface area contributed by atoms with E-state index in [4.69, 9.17) is 10.2 Å². The molecule has 0 radical (unpaired) electrons. The van der Waals surface area contributed by atoms with Gasteiger partial charge in [0.05, 0.1) is 12.6 Å². The highest BCUT2D eigenvalue weighted by Crippen LogP contribution is 1.93. The molecule has 0 saturated heterocycles. The highest BCUT2D eigenvalue weighted by Gasteiger charge is 2.24. The van der Waals surface area contributed by atoms with Crippen LogP contribution in [0.2, 0.25) is 0 Å². The fraction of sp³-hybridized carbons (Fsp3) is 0.500. The van der Waals surface area contributed by atoms with Crippen LogP contribution in [0.25, 0.3) is 0 Å². The van der Waals surface area contributed by atoms with Gasteiger partial charge in [-0.25, -0.2) is 14.6 Å². The summed E-state index contributed by atoms with van der Waals surface area (Å²) in [6, 6.07) is -2.07. The van der Waals surface area contributed by atoms with Gasteiger partial charge < -0.3 is 20.8 Å². The second-order valence-corrected chi connectivity index (χ2v) is 3.32. The number of rotatable bonds is 5. The molecule has 1 aromatic rings. The van der Waals surface area contributed by atoms with Crippen molar-refractivity contribution in [1.29, 1.82) is 0 Å². The lowest BCUT2D eigenvalue weighted by molar-refractivity contribution is -0.141. The van der Waals surface area contributed by atoms with Crippen LogP contribution in [0.5, 0.6) is 0 Å². The molecule has 2 amide bonds. The van der Waals surface area contributed by atoms with Crippen LogP contribution < -0.4 is 10.6 Å². The fourth-order valence-corrected chi connectivity index (χ4v) is 1.06. The van der Waals surface area contributed by atoms with Gasteiger partial charge >= 0.3 is 12.0 Å². The minimum absolute atomic E-state index is 0.0813. The summed E-state index contributed by atoms with van der Waals surface area (Å²) < 4.78 is 0. The van der Waals surface area contributed by atoms with Crippen LogP contribution >= 0.6 is 0 Å². The summed E-state index contributed by atoms with van der Waals surface area (Å²) in [5, 5.41) is 28.4. The Kier molecular flexibility index (Phi) is 4.40. The average Bonchev–Trinajstić information content (AvgIpc) is 2.74. The number of urea groups is 1. The van der Waals surface area contributed by atoms with Crippen LogP contribution in [0.15, 0.2) is 6.33 Å². The van der Waals surface area contributed by atoms with E-state index in [-0.39, 0.29) is 6.54 Å². The van der Waals surface area contributed by atoms with E-state index in [1.165, 1.54) is 13.3 Å². The van der Waals surface area contributed by atoms with E-state index in [2.05, 4.69) is 25.8 Å².